The van der Waals surface area contributed by atoms with E-state index in [1.165, 1.54) is 11.1 Å². The molecule has 0 aliphatic heterocycles. The minimum absolute atomic E-state index is 1.05. The molecule has 0 radical (unpaired) electrons. The molecule has 13 heavy (non-hydrogen) atoms. The van der Waals surface area contributed by atoms with Crippen LogP contribution in [0.4, 0.5) is 5.69 Å². The zero-order valence-electron chi connectivity index (χ0n) is 7.86. The Kier molecular flexibility index (Phi) is 1.89. The molecule has 0 aliphatic carbocycles. The molecule has 2 rings (SSSR count). The third-order valence-electron chi connectivity index (χ3n) is 2.10. The summed E-state index contributed by atoms with van der Waals surface area (Å²) in [4.78, 5) is 6.40. The van der Waals surface area contributed by atoms with Crippen molar-refractivity contribution in [3.8, 4) is 0 Å². The van der Waals surface area contributed by atoms with Gasteiger partial charge in [0.2, 0.25) is 0 Å². The highest BCUT2D eigenvalue weighted by Gasteiger charge is 2.00. The Hall–Kier alpha value is -1.57. The number of rotatable bonds is 1. The standard InChI is InChI=1S/C11H12N2/c1-13(2)11-7-3-6-10-9(11)5-4-8-12-10/h3-8H,1-2H3. The molecule has 0 spiro atoms. The van der Waals surface area contributed by atoms with Crippen molar-refractivity contribution in [3.05, 3.63) is 36.5 Å². The molecular weight excluding hydrogens is 160 g/mol. The van der Waals surface area contributed by atoms with Gasteiger partial charge in [-0.25, -0.2) is 0 Å². The molecule has 0 atom stereocenters. The van der Waals surface area contributed by atoms with E-state index in [2.05, 4.69) is 22.0 Å². The number of benzene rings is 1. The van der Waals surface area contributed by atoms with Gasteiger partial charge in [-0.15, -0.1) is 0 Å². The van der Waals surface area contributed by atoms with Crippen LogP contribution in [0, 0.1) is 0 Å². The van der Waals surface area contributed by atoms with Crippen LogP contribution < -0.4 is 4.90 Å². The van der Waals surface area contributed by atoms with Gasteiger partial charge in [0.15, 0.2) is 0 Å². The van der Waals surface area contributed by atoms with Crippen molar-refractivity contribution in [1.29, 1.82) is 0 Å². The highest BCUT2D eigenvalue weighted by Crippen LogP contribution is 2.22. The van der Waals surface area contributed by atoms with Crippen LogP contribution in [-0.4, -0.2) is 19.1 Å². The van der Waals surface area contributed by atoms with Crippen molar-refractivity contribution < 1.29 is 0 Å². The van der Waals surface area contributed by atoms with Crippen LogP contribution in [0.2, 0.25) is 0 Å². The van der Waals surface area contributed by atoms with E-state index < -0.39 is 0 Å². The maximum atomic E-state index is 4.30. The summed E-state index contributed by atoms with van der Waals surface area (Å²) in [5.41, 5.74) is 2.26. The Bertz CT molecular complexity index is 416. The summed E-state index contributed by atoms with van der Waals surface area (Å²) in [5.74, 6) is 0. The quantitative estimate of drug-likeness (QED) is 0.656. The summed E-state index contributed by atoms with van der Waals surface area (Å²) in [7, 11) is 4.09. The van der Waals surface area contributed by atoms with Gasteiger partial charge >= 0.3 is 0 Å². The van der Waals surface area contributed by atoms with E-state index in [9.17, 15) is 0 Å². The molecule has 1 aromatic carbocycles. The summed E-state index contributed by atoms with van der Waals surface area (Å²) >= 11 is 0. The second-order valence-corrected chi connectivity index (χ2v) is 3.24. The smallest absolute Gasteiger partial charge is 0.0722 e. The maximum Gasteiger partial charge on any atom is 0.0722 e. The summed E-state index contributed by atoms with van der Waals surface area (Å²) in [6, 6.07) is 10.2. The van der Waals surface area contributed by atoms with Crippen molar-refractivity contribution >= 4 is 16.6 Å². The van der Waals surface area contributed by atoms with Crippen LogP contribution in [0.5, 0.6) is 0 Å². The summed E-state index contributed by atoms with van der Waals surface area (Å²) in [6.45, 7) is 0. The fraction of sp³-hybridized carbons (Fsp3) is 0.182. The molecule has 0 unspecified atom stereocenters. The lowest BCUT2D eigenvalue weighted by Crippen LogP contribution is -2.08. The van der Waals surface area contributed by atoms with Gasteiger partial charge in [-0.2, -0.15) is 0 Å². The van der Waals surface area contributed by atoms with E-state index >= 15 is 0 Å². The van der Waals surface area contributed by atoms with E-state index in [0.29, 0.717) is 0 Å². The third kappa shape index (κ3) is 1.35. The average molecular weight is 172 g/mol. The Balaban J connectivity index is 2.76. The lowest BCUT2D eigenvalue weighted by molar-refractivity contribution is 1.14. The van der Waals surface area contributed by atoms with Gasteiger partial charge in [0.25, 0.3) is 0 Å². The first-order chi connectivity index (χ1) is 6.29. The van der Waals surface area contributed by atoms with E-state index in [1.807, 2.05) is 38.5 Å². The molecule has 0 fully saturated rings. The first-order valence-electron chi connectivity index (χ1n) is 4.30. The average Bonchev–Trinajstić information content (AvgIpc) is 2.17. The van der Waals surface area contributed by atoms with Gasteiger partial charge in [0.1, 0.15) is 0 Å². The molecule has 0 saturated heterocycles. The topological polar surface area (TPSA) is 16.1 Å². The van der Waals surface area contributed by atoms with Gasteiger partial charge in [-0.1, -0.05) is 6.07 Å². The first kappa shape index (κ1) is 8.05. The molecule has 2 heteroatoms. The lowest BCUT2D eigenvalue weighted by atomic mass is 10.2. The zero-order chi connectivity index (χ0) is 9.26. The normalized spacial score (nSPS) is 10.3. The van der Waals surface area contributed by atoms with Crippen molar-refractivity contribution in [1.82, 2.24) is 4.98 Å². The molecular formula is C11H12N2. The van der Waals surface area contributed by atoms with Crippen molar-refractivity contribution in [2.75, 3.05) is 19.0 Å². The molecule has 1 aromatic heterocycles. The predicted octanol–water partition coefficient (Wildman–Crippen LogP) is 2.30. The van der Waals surface area contributed by atoms with Crippen molar-refractivity contribution in [2.24, 2.45) is 0 Å². The van der Waals surface area contributed by atoms with Gasteiger partial charge in [0.05, 0.1) is 5.52 Å². The Morgan fingerprint density at radius 1 is 1.08 bits per heavy atom. The maximum absolute atomic E-state index is 4.30. The summed E-state index contributed by atoms with van der Waals surface area (Å²) in [5, 5.41) is 1.20. The number of aromatic nitrogens is 1. The fourth-order valence-electron chi connectivity index (χ4n) is 1.48. The largest absolute Gasteiger partial charge is 0.377 e. The number of anilines is 1. The highest BCUT2D eigenvalue weighted by atomic mass is 15.1. The molecule has 2 nitrogen and oxygen atoms in total. The summed E-state index contributed by atoms with van der Waals surface area (Å²) in [6.07, 6.45) is 1.82. The molecule has 2 aromatic rings. The SMILES string of the molecule is CN(C)c1cccc2ncccc12. The van der Waals surface area contributed by atoms with Gasteiger partial charge in [-0.3, -0.25) is 4.98 Å². The Morgan fingerprint density at radius 3 is 2.69 bits per heavy atom. The molecule has 0 saturated carbocycles. The van der Waals surface area contributed by atoms with E-state index in [-0.39, 0.29) is 0 Å². The van der Waals surface area contributed by atoms with Crippen LogP contribution in [-0.2, 0) is 0 Å². The van der Waals surface area contributed by atoms with Crippen molar-refractivity contribution in [2.45, 2.75) is 0 Å². The zero-order valence-corrected chi connectivity index (χ0v) is 7.86. The monoisotopic (exact) mass is 172 g/mol. The van der Waals surface area contributed by atoms with Gasteiger partial charge in [0, 0.05) is 31.4 Å². The number of hydrogen-bond acceptors (Lipinski definition) is 2. The number of fused-ring (bicyclic) bond motifs is 1. The van der Waals surface area contributed by atoms with Gasteiger partial charge < -0.3 is 4.90 Å². The van der Waals surface area contributed by atoms with E-state index in [0.717, 1.165) is 5.52 Å². The molecule has 0 N–H and O–H groups in total. The molecule has 0 bridgehead atoms. The van der Waals surface area contributed by atoms with E-state index in [4.69, 9.17) is 0 Å². The molecule has 66 valence electrons. The van der Waals surface area contributed by atoms with Crippen LogP contribution >= 0.6 is 0 Å². The lowest BCUT2D eigenvalue weighted by Gasteiger charge is -2.14. The number of hydrogen-bond donors (Lipinski definition) is 0. The first-order valence-corrected chi connectivity index (χ1v) is 4.30. The van der Waals surface area contributed by atoms with Crippen LogP contribution in [0.15, 0.2) is 36.5 Å². The van der Waals surface area contributed by atoms with Gasteiger partial charge in [-0.05, 0) is 24.3 Å². The highest BCUT2D eigenvalue weighted by molar-refractivity contribution is 5.91. The van der Waals surface area contributed by atoms with Crippen LogP contribution in [0.1, 0.15) is 0 Å². The molecule has 0 aliphatic rings. The number of nitrogens with zero attached hydrogens (tertiary/aromatic N) is 2. The Labute approximate surface area is 77.8 Å². The fourth-order valence-corrected chi connectivity index (χ4v) is 1.48. The predicted molar refractivity (Wildman–Crippen MR) is 56.1 cm³/mol. The molecule has 1 heterocycles. The minimum atomic E-state index is 1.05. The van der Waals surface area contributed by atoms with E-state index in [1.54, 1.807) is 0 Å². The third-order valence-corrected chi connectivity index (χ3v) is 2.10. The minimum Gasteiger partial charge on any atom is -0.377 e. The van der Waals surface area contributed by atoms with Crippen LogP contribution in [0.25, 0.3) is 10.9 Å². The number of pyridine rings is 1. The summed E-state index contributed by atoms with van der Waals surface area (Å²) < 4.78 is 0. The van der Waals surface area contributed by atoms with Crippen LogP contribution in [0.3, 0.4) is 0 Å². The molecule has 0 amide bonds. The Morgan fingerprint density at radius 2 is 1.92 bits per heavy atom. The van der Waals surface area contributed by atoms with Crippen molar-refractivity contribution in [3.63, 3.8) is 0 Å². The second kappa shape index (κ2) is 3.05. The second-order valence-electron chi connectivity index (χ2n) is 3.24.